The lowest BCUT2D eigenvalue weighted by molar-refractivity contribution is 0.768. The van der Waals surface area contributed by atoms with E-state index in [0.717, 1.165) is 85.3 Å². The molecule has 4 nitrogen and oxygen atoms in total. The highest BCUT2D eigenvalue weighted by Crippen LogP contribution is 2.59. The Morgan fingerprint density at radius 2 is 1.07 bits per heavy atom. The van der Waals surface area contributed by atoms with Gasteiger partial charge in [-0.15, -0.1) is 0 Å². The zero-order valence-corrected chi connectivity index (χ0v) is 40.6. The second-order valence-electron chi connectivity index (χ2n) is 19.7. The molecule has 0 bridgehead atoms. The Balaban J connectivity index is 0.879. The fourth-order valence-corrected chi connectivity index (χ4v) is 12.6. The maximum Gasteiger partial charge on any atom is 0.151 e. The van der Waals surface area contributed by atoms with Gasteiger partial charge in [0.05, 0.1) is 22.1 Å². The number of fused-ring (bicyclic) bond motifs is 13. The van der Waals surface area contributed by atoms with Crippen LogP contribution in [0.1, 0.15) is 40.7 Å². The smallest absolute Gasteiger partial charge is 0.151 e. The van der Waals surface area contributed by atoms with Crippen LogP contribution in [-0.4, -0.2) is 14.0 Å². The molecule has 0 unspecified atom stereocenters. The molecule has 2 aliphatic rings. The fourth-order valence-electron chi connectivity index (χ4n) is 12.6. The van der Waals surface area contributed by atoms with Crippen molar-refractivity contribution >= 4 is 72.0 Å². The lowest BCUT2D eigenvalue weighted by Crippen LogP contribution is -2.28. The maximum atomic E-state index is 5.42. The van der Waals surface area contributed by atoms with Crippen molar-refractivity contribution in [1.29, 1.82) is 0 Å². The summed E-state index contributed by atoms with van der Waals surface area (Å²) in [6, 6.07) is 91.5. The maximum absolute atomic E-state index is 5.42. The van der Waals surface area contributed by atoms with Crippen molar-refractivity contribution in [3.8, 4) is 27.9 Å². The van der Waals surface area contributed by atoms with Crippen LogP contribution in [-0.2, 0) is 5.41 Å². The third-order valence-corrected chi connectivity index (χ3v) is 15.8. The summed E-state index contributed by atoms with van der Waals surface area (Å²) in [6.45, 7) is 0. The number of hydrogen-bond donors (Lipinski definition) is 0. The molecule has 2 aliphatic carbocycles. The highest BCUT2D eigenvalue weighted by atomic mass is 15.2. The molecule has 0 aliphatic heterocycles. The van der Waals surface area contributed by atoms with Gasteiger partial charge in [-0.1, -0.05) is 212 Å². The topological polar surface area (TPSA) is 25.5 Å². The van der Waals surface area contributed by atoms with E-state index in [1.807, 2.05) is 0 Å². The van der Waals surface area contributed by atoms with E-state index in [1.165, 1.54) is 55.3 Å². The Labute approximate surface area is 429 Å². The first-order valence-electron chi connectivity index (χ1n) is 25.8. The van der Waals surface area contributed by atoms with E-state index in [2.05, 4.69) is 281 Å². The van der Waals surface area contributed by atoms with Crippen LogP contribution < -0.4 is 4.90 Å². The number of hydrogen-bond acceptors (Lipinski definition) is 2. The molecule has 15 rings (SSSR count). The first-order chi connectivity index (χ1) is 36.7. The van der Waals surface area contributed by atoms with Gasteiger partial charge in [0, 0.05) is 38.8 Å². The van der Waals surface area contributed by atoms with Crippen molar-refractivity contribution in [3.63, 3.8) is 0 Å². The van der Waals surface area contributed by atoms with Crippen LogP contribution in [0, 0.1) is 0 Å². The first kappa shape index (κ1) is 42.2. The second kappa shape index (κ2) is 16.8. The van der Waals surface area contributed by atoms with Crippen molar-refractivity contribution in [3.05, 3.63) is 295 Å². The third-order valence-electron chi connectivity index (χ3n) is 15.8. The summed E-state index contributed by atoms with van der Waals surface area (Å²) in [7, 11) is 0. The zero-order chi connectivity index (χ0) is 48.7. The SMILES string of the molecule is C1=CC(c2cccc(N(c3ccc(-c4ccc(-n5c6ccccc6c6nc7c8ccccc8c8ccccc8n7c65)cc4)cc3)c3cccc4c3-c3ccccc3C4(c3ccccc3)c3ccccc3)c2)=CCC1. The van der Waals surface area contributed by atoms with E-state index in [-0.39, 0.29) is 0 Å². The van der Waals surface area contributed by atoms with E-state index in [9.17, 15) is 0 Å². The molecule has 348 valence electrons. The lowest BCUT2D eigenvalue weighted by atomic mass is 9.68. The Kier molecular flexibility index (Phi) is 9.58. The summed E-state index contributed by atoms with van der Waals surface area (Å²) in [5.74, 6) is 0. The number of allylic oxidation sites excluding steroid dienone is 4. The second-order valence-corrected chi connectivity index (χ2v) is 19.7. The average molecular weight is 945 g/mol. The van der Waals surface area contributed by atoms with Crippen molar-refractivity contribution in [1.82, 2.24) is 14.0 Å². The molecule has 0 amide bonds. The molecule has 0 spiro atoms. The van der Waals surface area contributed by atoms with Gasteiger partial charge in [-0.05, 0) is 123 Å². The lowest BCUT2D eigenvalue weighted by Gasteiger charge is -2.34. The Morgan fingerprint density at radius 3 is 1.81 bits per heavy atom. The van der Waals surface area contributed by atoms with Gasteiger partial charge in [0.2, 0.25) is 0 Å². The number of imidazole rings is 1. The molecule has 3 aromatic heterocycles. The van der Waals surface area contributed by atoms with Gasteiger partial charge in [-0.25, -0.2) is 4.98 Å². The molecule has 0 N–H and O–H groups in total. The van der Waals surface area contributed by atoms with Crippen LogP contribution in [0.25, 0.3) is 82.9 Å². The van der Waals surface area contributed by atoms with Crippen LogP contribution in [0.3, 0.4) is 0 Å². The largest absolute Gasteiger partial charge is 0.310 e. The first-order valence-corrected chi connectivity index (χ1v) is 25.8. The standard InChI is InChI=1S/C70H48N4/c1-4-20-47(21-5-1)50-22-18-27-55(46-50)72(65-37-19-34-62-66(65)59-31-12-15-33-61(59)70(62,51-23-6-2-7-24-51)52-25-8-3-9-26-52)53-42-38-48(39-43-53)49-40-44-54(45-41-49)73-64-36-17-14-32-60(64)67-69(73)74-63-35-16-13-29-57(63)56-28-10-11-30-58(56)68(74)71-67/h2-4,6-46H,1,5H2. The van der Waals surface area contributed by atoms with Gasteiger partial charge >= 0.3 is 0 Å². The number of pyridine rings is 1. The number of benzene rings is 10. The minimum Gasteiger partial charge on any atom is -0.310 e. The van der Waals surface area contributed by atoms with Gasteiger partial charge in [0.25, 0.3) is 0 Å². The zero-order valence-electron chi connectivity index (χ0n) is 40.6. The summed E-state index contributed by atoms with van der Waals surface area (Å²) < 4.78 is 4.76. The molecule has 0 saturated heterocycles. The van der Waals surface area contributed by atoms with Gasteiger partial charge in [0.1, 0.15) is 11.2 Å². The van der Waals surface area contributed by atoms with Gasteiger partial charge < -0.3 is 4.90 Å². The minimum atomic E-state index is -0.516. The van der Waals surface area contributed by atoms with Gasteiger partial charge in [0.15, 0.2) is 5.65 Å². The molecule has 10 aromatic carbocycles. The molecule has 0 saturated carbocycles. The van der Waals surface area contributed by atoms with Crippen LogP contribution in [0.4, 0.5) is 17.1 Å². The quantitative estimate of drug-likeness (QED) is 0.142. The number of aromatic nitrogens is 3. The van der Waals surface area contributed by atoms with E-state index in [0.29, 0.717) is 0 Å². The average Bonchev–Trinajstić information content (AvgIpc) is 4.17. The van der Waals surface area contributed by atoms with Crippen molar-refractivity contribution in [2.24, 2.45) is 0 Å². The highest BCUT2D eigenvalue weighted by molar-refractivity contribution is 6.17. The third kappa shape index (κ3) is 6.25. The molecular weight excluding hydrogens is 897 g/mol. The van der Waals surface area contributed by atoms with Crippen molar-refractivity contribution < 1.29 is 0 Å². The van der Waals surface area contributed by atoms with Crippen LogP contribution in [0.5, 0.6) is 0 Å². The summed E-state index contributed by atoms with van der Waals surface area (Å²) >= 11 is 0. The summed E-state index contributed by atoms with van der Waals surface area (Å²) in [5, 5.41) is 4.71. The number of nitrogens with zero attached hydrogens (tertiary/aromatic N) is 4. The van der Waals surface area contributed by atoms with E-state index >= 15 is 0 Å². The Bertz CT molecular complexity index is 4360. The van der Waals surface area contributed by atoms with Crippen LogP contribution in [0.2, 0.25) is 0 Å². The molecular formula is C70H48N4. The van der Waals surface area contributed by atoms with Crippen LogP contribution >= 0.6 is 0 Å². The summed E-state index contributed by atoms with van der Waals surface area (Å²) in [5.41, 5.74) is 21.6. The summed E-state index contributed by atoms with van der Waals surface area (Å²) in [6.07, 6.45) is 9.07. The monoisotopic (exact) mass is 944 g/mol. The fraction of sp³-hybridized carbons (Fsp3) is 0.0429. The van der Waals surface area contributed by atoms with E-state index < -0.39 is 5.41 Å². The Hall–Kier alpha value is -9.51. The number of para-hydroxylation sites is 2. The molecule has 0 radical (unpaired) electrons. The molecule has 3 heterocycles. The minimum absolute atomic E-state index is 0.516. The van der Waals surface area contributed by atoms with Crippen molar-refractivity contribution in [2.75, 3.05) is 4.90 Å². The normalized spacial score (nSPS) is 13.7. The highest BCUT2D eigenvalue weighted by Gasteiger charge is 2.47. The number of rotatable bonds is 8. The molecule has 13 aromatic rings. The summed E-state index contributed by atoms with van der Waals surface area (Å²) in [4.78, 5) is 7.91. The van der Waals surface area contributed by atoms with Crippen molar-refractivity contribution in [2.45, 2.75) is 18.3 Å². The Morgan fingerprint density at radius 1 is 0.446 bits per heavy atom. The van der Waals surface area contributed by atoms with Gasteiger partial charge in [-0.3, -0.25) is 8.97 Å². The predicted molar refractivity (Wildman–Crippen MR) is 308 cm³/mol. The molecule has 74 heavy (non-hydrogen) atoms. The molecule has 0 atom stereocenters. The molecule has 4 heteroatoms. The van der Waals surface area contributed by atoms with Crippen LogP contribution in [0.15, 0.2) is 267 Å². The predicted octanol–water partition coefficient (Wildman–Crippen LogP) is 18.0. The molecule has 0 fully saturated rings. The van der Waals surface area contributed by atoms with E-state index in [4.69, 9.17) is 4.98 Å². The van der Waals surface area contributed by atoms with E-state index in [1.54, 1.807) is 0 Å². The number of anilines is 3. The van der Waals surface area contributed by atoms with Gasteiger partial charge in [-0.2, -0.15) is 0 Å².